The summed E-state index contributed by atoms with van der Waals surface area (Å²) in [6.45, 7) is 8.82. The van der Waals surface area contributed by atoms with Crippen LogP contribution in [-0.2, 0) is 9.59 Å². The number of hydrogen-bond donors (Lipinski definition) is 0. The Balaban J connectivity index is 2.21. The zero-order valence-electron chi connectivity index (χ0n) is 13.7. The molecule has 0 N–H and O–H groups in total. The lowest BCUT2D eigenvalue weighted by molar-refractivity contribution is -0.140. The maximum Gasteiger partial charge on any atom is 0.220 e. The molecule has 120 valence electrons. The average Bonchev–Trinajstić information content (AvgIpc) is 2.46. The lowest BCUT2D eigenvalue weighted by Crippen LogP contribution is -2.51. The van der Waals surface area contributed by atoms with Crippen LogP contribution >= 0.6 is 0 Å². The predicted octanol–water partition coefficient (Wildman–Crippen LogP) is 2.23. The van der Waals surface area contributed by atoms with E-state index < -0.39 is 0 Å². The minimum Gasteiger partial charge on any atom is -0.491 e. The highest BCUT2D eigenvalue weighted by Crippen LogP contribution is 2.27. The fourth-order valence-electron chi connectivity index (χ4n) is 2.77. The second-order valence-electron chi connectivity index (χ2n) is 5.93. The minimum absolute atomic E-state index is 0.0377. The number of amides is 2. The first-order valence-corrected chi connectivity index (χ1v) is 7.68. The van der Waals surface area contributed by atoms with Gasteiger partial charge in [-0.05, 0) is 31.5 Å². The van der Waals surface area contributed by atoms with E-state index >= 15 is 0 Å². The van der Waals surface area contributed by atoms with E-state index in [-0.39, 0.29) is 24.0 Å². The second-order valence-corrected chi connectivity index (χ2v) is 5.93. The Labute approximate surface area is 131 Å². The van der Waals surface area contributed by atoms with E-state index in [1.807, 2.05) is 43.0 Å². The predicted molar refractivity (Wildman–Crippen MR) is 84.6 cm³/mol. The lowest BCUT2D eigenvalue weighted by atomic mass is 10.0. The summed E-state index contributed by atoms with van der Waals surface area (Å²) in [5.41, 5.74) is 1.03. The van der Waals surface area contributed by atoms with Gasteiger partial charge in [0.25, 0.3) is 0 Å². The Bertz CT molecular complexity index is 539. The molecule has 1 aromatic rings. The summed E-state index contributed by atoms with van der Waals surface area (Å²) in [4.78, 5) is 27.1. The number of piperazine rings is 1. The summed E-state index contributed by atoms with van der Waals surface area (Å²) < 4.78 is 5.65. The molecular formula is C17H24N2O3. The van der Waals surface area contributed by atoms with Crippen LogP contribution in [0.25, 0.3) is 0 Å². The van der Waals surface area contributed by atoms with Crippen LogP contribution in [0, 0.1) is 0 Å². The van der Waals surface area contributed by atoms with Gasteiger partial charge in [-0.25, -0.2) is 0 Å². The third-order valence-electron chi connectivity index (χ3n) is 3.87. The van der Waals surface area contributed by atoms with Gasteiger partial charge in [0.15, 0.2) is 0 Å². The molecular weight excluding hydrogens is 280 g/mol. The molecule has 22 heavy (non-hydrogen) atoms. The number of carbonyl (C=O) groups is 2. The molecule has 0 spiro atoms. The van der Waals surface area contributed by atoms with E-state index in [1.54, 1.807) is 18.7 Å². The molecule has 2 rings (SSSR count). The smallest absolute Gasteiger partial charge is 0.220 e. The Morgan fingerprint density at radius 2 is 1.73 bits per heavy atom. The van der Waals surface area contributed by atoms with Gasteiger partial charge < -0.3 is 14.5 Å². The molecule has 1 aliphatic rings. The topological polar surface area (TPSA) is 49.9 Å². The fraction of sp³-hybridized carbons (Fsp3) is 0.529. The Kier molecular flexibility index (Phi) is 5.06. The van der Waals surface area contributed by atoms with Gasteiger partial charge in [0.2, 0.25) is 11.8 Å². The summed E-state index contributed by atoms with van der Waals surface area (Å²) in [6, 6.07) is 7.69. The van der Waals surface area contributed by atoms with Crippen molar-refractivity contribution in [3.63, 3.8) is 0 Å². The van der Waals surface area contributed by atoms with E-state index in [1.165, 1.54) is 0 Å². The van der Waals surface area contributed by atoms with Crippen molar-refractivity contribution < 1.29 is 14.3 Å². The summed E-state index contributed by atoms with van der Waals surface area (Å²) in [6.07, 6.45) is 0.127. The first kappa shape index (κ1) is 16.3. The standard InChI is InChI=1S/C17H24N2O3/c1-12(2)22-16-7-5-15(6-8-16)17-11-18(13(3)20)9-10-19(17)14(4)21/h5-8,12,17H,9-11H2,1-4H3/t17-/m0/s1. The van der Waals surface area contributed by atoms with Gasteiger partial charge in [-0.1, -0.05) is 12.1 Å². The van der Waals surface area contributed by atoms with Crippen LogP contribution < -0.4 is 4.74 Å². The molecule has 1 saturated heterocycles. The van der Waals surface area contributed by atoms with Gasteiger partial charge in [-0.2, -0.15) is 0 Å². The number of nitrogens with zero attached hydrogens (tertiary/aromatic N) is 2. The van der Waals surface area contributed by atoms with Crippen LogP contribution in [0.4, 0.5) is 0 Å². The lowest BCUT2D eigenvalue weighted by Gasteiger charge is -2.41. The molecule has 1 aromatic carbocycles. The molecule has 1 atom stereocenters. The van der Waals surface area contributed by atoms with E-state index in [0.717, 1.165) is 11.3 Å². The molecule has 5 nitrogen and oxygen atoms in total. The Hall–Kier alpha value is -2.04. The third kappa shape index (κ3) is 3.78. The van der Waals surface area contributed by atoms with Crippen molar-refractivity contribution in [2.75, 3.05) is 19.6 Å². The molecule has 2 amide bonds. The molecule has 5 heteroatoms. The van der Waals surface area contributed by atoms with Crippen molar-refractivity contribution in [2.24, 2.45) is 0 Å². The van der Waals surface area contributed by atoms with Crippen molar-refractivity contribution in [3.8, 4) is 5.75 Å². The van der Waals surface area contributed by atoms with Crippen molar-refractivity contribution >= 4 is 11.8 Å². The maximum atomic E-state index is 11.9. The van der Waals surface area contributed by atoms with Gasteiger partial charge in [0.1, 0.15) is 5.75 Å². The molecule has 1 heterocycles. The molecule has 1 aliphatic heterocycles. The fourth-order valence-corrected chi connectivity index (χ4v) is 2.77. The molecule has 1 fully saturated rings. The van der Waals surface area contributed by atoms with Crippen molar-refractivity contribution in [2.45, 2.75) is 39.8 Å². The van der Waals surface area contributed by atoms with Gasteiger partial charge in [-0.3, -0.25) is 9.59 Å². The van der Waals surface area contributed by atoms with E-state index in [4.69, 9.17) is 4.74 Å². The van der Waals surface area contributed by atoms with Crippen LogP contribution in [0.1, 0.15) is 39.3 Å². The van der Waals surface area contributed by atoms with Crippen LogP contribution in [0.5, 0.6) is 5.75 Å². The zero-order chi connectivity index (χ0) is 16.3. The number of ether oxygens (including phenoxy) is 1. The summed E-state index contributed by atoms with van der Waals surface area (Å²) in [7, 11) is 0. The van der Waals surface area contributed by atoms with Crippen LogP contribution in [0.3, 0.4) is 0 Å². The average molecular weight is 304 g/mol. The maximum absolute atomic E-state index is 11.9. The summed E-state index contributed by atoms with van der Waals surface area (Å²) >= 11 is 0. The van der Waals surface area contributed by atoms with Gasteiger partial charge in [0.05, 0.1) is 12.1 Å². The summed E-state index contributed by atoms with van der Waals surface area (Å²) in [5.74, 6) is 0.899. The van der Waals surface area contributed by atoms with Crippen molar-refractivity contribution in [3.05, 3.63) is 29.8 Å². The highest BCUT2D eigenvalue weighted by molar-refractivity contribution is 5.76. The number of rotatable bonds is 3. The van der Waals surface area contributed by atoms with Gasteiger partial charge in [-0.15, -0.1) is 0 Å². The molecule has 0 radical (unpaired) electrons. The summed E-state index contributed by atoms with van der Waals surface area (Å²) in [5, 5.41) is 0. The third-order valence-corrected chi connectivity index (χ3v) is 3.87. The number of benzene rings is 1. The first-order valence-electron chi connectivity index (χ1n) is 7.68. The van der Waals surface area contributed by atoms with E-state index in [9.17, 15) is 9.59 Å². The van der Waals surface area contributed by atoms with E-state index in [0.29, 0.717) is 19.6 Å². The first-order chi connectivity index (χ1) is 10.4. The largest absolute Gasteiger partial charge is 0.491 e. The number of hydrogen-bond acceptors (Lipinski definition) is 3. The van der Waals surface area contributed by atoms with Crippen molar-refractivity contribution in [1.29, 1.82) is 0 Å². The monoisotopic (exact) mass is 304 g/mol. The normalized spacial score (nSPS) is 18.5. The molecule has 0 saturated carbocycles. The van der Waals surface area contributed by atoms with Crippen molar-refractivity contribution in [1.82, 2.24) is 9.80 Å². The SMILES string of the molecule is CC(=O)N1CCN(C(C)=O)[C@H](c2ccc(OC(C)C)cc2)C1. The minimum atomic E-state index is -0.0942. The Morgan fingerprint density at radius 1 is 1.09 bits per heavy atom. The molecule has 0 bridgehead atoms. The van der Waals surface area contributed by atoms with Gasteiger partial charge >= 0.3 is 0 Å². The molecule has 0 aromatic heterocycles. The zero-order valence-corrected chi connectivity index (χ0v) is 13.7. The number of carbonyl (C=O) groups excluding carboxylic acids is 2. The van der Waals surface area contributed by atoms with E-state index in [2.05, 4.69) is 0 Å². The highest BCUT2D eigenvalue weighted by atomic mass is 16.5. The Morgan fingerprint density at radius 3 is 2.23 bits per heavy atom. The molecule has 0 aliphatic carbocycles. The van der Waals surface area contributed by atoms with Crippen LogP contribution in [0.2, 0.25) is 0 Å². The van der Waals surface area contributed by atoms with Gasteiger partial charge in [0, 0.05) is 33.5 Å². The van der Waals surface area contributed by atoms with Crippen LogP contribution in [-0.4, -0.2) is 47.4 Å². The molecule has 0 unspecified atom stereocenters. The van der Waals surface area contributed by atoms with Crippen LogP contribution in [0.15, 0.2) is 24.3 Å². The second kappa shape index (κ2) is 6.81. The highest BCUT2D eigenvalue weighted by Gasteiger charge is 2.30. The quantitative estimate of drug-likeness (QED) is 0.860.